The van der Waals surface area contributed by atoms with Crippen LogP contribution in [-0.2, 0) is 4.79 Å². The molecule has 1 heterocycles. The molecule has 0 aliphatic carbocycles. The summed E-state index contributed by atoms with van der Waals surface area (Å²) in [6.45, 7) is 11.9. The maximum atomic E-state index is 13.1. The lowest BCUT2D eigenvalue weighted by atomic mass is 9.90. The minimum atomic E-state index is -0.366. The smallest absolute Gasteiger partial charge is 0.237 e. The van der Waals surface area contributed by atoms with Gasteiger partial charge in [0.2, 0.25) is 5.91 Å². The van der Waals surface area contributed by atoms with Crippen LogP contribution in [-0.4, -0.2) is 55.1 Å². The Morgan fingerprint density at radius 3 is 2.27 bits per heavy atom. The van der Waals surface area contributed by atoms with Gasteiger partial charge in [-0.1, -0.05) is 13.8 Å². The molecule has 1 aliphatic heterocycles. The topological polar surface area (TPSA) is 61.6 Å². The summed E-state index contributed by atoms with van der Waals surface area (Å²) in [4.78, 5) is 17.1. The molecule has 1 fully saturated rings. The number of nitrogens with zero attached hydrogens (tertiary/aromatic N) is 2. The van der Waals surface area contributed by atoms with E-state index in [1.54, 1.807) is 12.1 Å². The number of nitrogens with two attached hydrogens (primary N) is 1. The largest absolute Gasteiger partial charge is 0.369 e. The van der Waals surface area contributed by atoms with Crippen molar-refractivity contribution in [2.75, 3.05) is 37.6 Å². The van der Waals surface area contributed by atoms with Crippen LogP contribution in [0.25, 0.3) is 0 Å². The first-order chi connectivity index (χ1) is 12.2. The van der Waals surface area contributed by atoms with Crippen LogP contribution >= 0.6 is 0 Å². The van der Waals surface area contributed by atoms with Gasteiger partial charge >= 0.3 is 0 Å². The number of carbonyl (C=O) groups is 1. The van der Waals surface area contributed by atoms with E-state index in [1.165, 1.54) is 12.1 Å². The predicted octanol–water partition coefficient (Wildman–Crippen LogP) is 2.22. The molecule has 3 N–H and O–H groups in total. The molecule has 2 atom stereocenters. The van der Waals surface area contributed by atoms with Crippen LogP contribution in [0.5, 0.6) is 0 Å². The lowest BCUT2D eigenvalue weighted by Crippen LogP contribution is -2.59. The number of carbonyl (C=O) groups excluding carboxylic acids is 1. The van der Waals surface area contributed by atoms with Gasteiger partial charge < -0.3 is 16.0 Å². The molecule has 0 spiro atoms. The molecule has 0 radical (unpaired) electrons. The van der Waals surface area contributed by atoms with E-state index in [9.17, 15) is 9.18 Å². The molecule has 2 rings (SSSR count). The van der Waals surface area contributed by atoms with Gasteiger partial charge in [0, 0.05) is 44.0 Å². The van der Waals surface area contributed by atoms with Crippen molar-refractivity contribution in [2.24, 2.45) is 11.7 Å². The number of halogens is 1. The van der Waals surface area contributed by atoms with Crippen LogP contribution in [0, 0.1) is 11.7 Å². The molecular formula is C20H33FN4O. The molecule has 1 aliphatic rings. The maximum Gasteiger partial charge on any atom is 0.237 e. The summed E-state index contributed by atoms with van der Waals surface area (Å²) < 4.78 is 13.1. The van der Waals surface area contributed by atoms with E-state index in [1.807, 2.05) is 13.8 Å². The second-order valence-electron chi connectivity index (χ2n) is 8.03. The highest BCUT2D eigenvalue weighted by Crippen LogP contribution is 2.19. The second kappa shape index (κ2) is 8.82. The third-order valence-electron chi connectivity index (χ3n) is 5.17. The zero-order chi connectivity index (χ0) is 19.3. The number of piperazine rings is 1. The Hall–Kier alpha value is -1.66. The van der Waals surface area contributed by atoms with Crippen molar-refractivity contribution in [3.8, 4) is 0 Å². The van der Waals surface area contributed by atoms with Crippen molar-refractivity contribution in [3.63, 3.8) is 0 Å². The van der Waals surface area contributed by atoms with Gasteiger partial charge in [0.15, 0.2) is 0 Å². The molecule has 26 heavy (non-hydrogen) atoms. The Balaban J connectivity index is 1.89. The van der Waals surface area contributed by atoms with E-state index in [0.717, 1.165) is 38.3 Å². The summed E-state index contributed by atoms with van der Waals surface area (Å²) in [7, 11) is 0. The first-order valence-corrected chi connectivity index (χ1v) is 9.51. The number of hydrogen-bond acceptors (Lipinski definition) is 4. The van der Waals surface area contributed by atoms with Crippen molar-refractivity contribution < 1.29 is 9.18 Å². The molecule has 1 aromatic carbocycles. The average molecular weight is 365 g/mol. The number of benzene rings is 1. The standard InChI is InChI=1S/C20H33FN4O/c1-15(2)13-20(4,14-22)23-19(26)16(3)24-9-11-25(12-10-24)18-7-5-17(21)6-8-18/h5-8,15-16H,9-14,22H2,1-4H3,(H,23,26). The zero-order valence-electron chi connectivity index (χ0n) is 16.5. The zero-order valence-corrected chi connectivity index (χ0v) is 16.5. The third-order valence-corrected chi connectivity index (χ3v) is 5.17. The summed E-state index contributed by atoms with van der Waals surface area (Å²) in [5, 5.41) is 3.16. The first-order valence-electron chi connectivity index (χ1n) is 9.51. The van der Waals surface area contributed by atoms with Gasteiger partial charge in [0.1, 0.15) is 5.82 Å². The van der Waals surface area contributed by atoms with Crippen molar-refractivity contribution >= 4 is 11.6 Å². The van der Waals surface area contributed by atoms with Crippen LogP contribution in [0.4, 0.5) is 10.1 Å². The average Bonchev–Trinajstić information content (AvgIpc) is 2.61. The summed E-state index contributed by atoms with van der Waals surface area (Å²) in [5.74, 6) is 0.286. The third kappa shape index (κ3) is 5.42. The Morgan fingerprint density at radius 1 is 1.19 bits per heavy atom. The lowest BCUT2D eigenvalue weighted by Gasteiger charge is -2.40. The minimum absolute atomic E-state index is 0.0360. The van der Waals surface area contributed by atoms with Crippen LogP contribution in [0.15, 0.2) is 24.3 Å². The van der Waals surface area contributed by atoms with Gasteiger partial charge in [-0.3, -0.25) is 9.69 Å². The van der Waals surface area contributed by atoms with E-state index < -0.39 is 0 Å². The number of amides is 1. The summed E-state index contributed by atoms with van der Waals surface area (Å²) in [6.07, 6.45) is 0.861. The fourth-order valence-corrected chi connectivity index (χ4v) is 3.67. The molecule has 0 aromatic heterocycles. The molecule has 1 aromatic rings. The van der Waals surface area contributed by atoms with E-state index in [0.29, 0.717) is 12.5 Å². The van der Waals surface area contributed by atoms with E-state index >= 15 is 0 Å². The highest BCUT2D eigenvalue weighted by Gasteiger charge is 2.31. The molecular weight excluding hydrogens is 331 g/mol. The number of anilines is 1. The van der Waals surface area contributed by atoms with Crippen molar-refractivity contribution in [1.29, 1.82) is 0 Å². The van der Waals surface area contributed by atoms with Crippen LogP contribution in [0.2, 0.25) is 0 Å². The first kappa shape index (κ1) is 20.6. The Bertz CT molecular complexity index is 584. The molecule has 0 bridgehead atoms. The highest BCUT2D eigenvalue weighted by atomic mass is 19.1. The maximum absolute atomic E-state index is 13.1. The van der Waals surface area contributed by atoms with E-state index in [4.69, 9.17) is 5.73 Å². The van der Waals surface area contributed by atoms with E-state index in [2.05, 4.69) is 29.0 Å². The van der Waals surface area contributed by atoms with Gasteiger partial charge in [0.05, 0.1) is 6.04 Å². The summed E-state index contributed by atoms with van der Waals surface area (Å²) in [5.41, 5.74) is 6.57. The Labute approximate surface area is 156 Å². The van der Waals surface area contributed by atoms with Crippen molar-refractivity contribution in [2.45, 2.75) is 45.7 Å². The molecule has 2 unspecified atom stereocenters. The Kier molecular flexibility index (Phi) is 7.01. The van der Waals surface area contributed by atoms with Crippen molar-refractivity contribution in [3.05, 3.63) is 30.1 Å². The van der Waals surface area contributed by atoms with Gasteiger partial charge in [-0.15, -0.1) is 0 Å². The normalized spacial score (nSPS) is 19.3. The monoisotopic (exact) mass is 364 g/mol. The number of nitrogens with one attached hydrogen (secondary N) is 1. The molecule has 5 nitrogen and oxygen atoms in total. The van der Waals surface area contributed by atoms with Crippen LogP contribution in [0.3, 0.4) is 0 Å². The fraction of sp³-hybridized carbons (Fsp3) is 0.650. The van der Waals surface area contributed by atoms with Gasteiger partial charge in [0.25, 0.3) is 0 Å². The lowest BCUT2D eigenvalue weighted by molar-refractivity contribution is -0.127. The quantitative estimate of drug-likeness (QED) is 0.779. The van der Waals surface area contributed by atoms with Gasteiger partial charge in [-0.05, 0) is 50.5 Å². The van der Waals surface area contributed by atoms with Gasteiger partial charge in [-0.2, -0.15) is 0 Å². The molecule has 1 amide bonds. The summed E-state index contributed by atoms with van der Waals surface area (Å²) in [6, 6.07) is 6.39. The second-order valence-corrected chi connectivity index (χ2v) is 8.03. The van der Waals surface area contributed by atoms with E-state index in [-0.39, 0.29) is 23.3 Å². The molecule has 1 saturated heterocycles. The SMILES string of the molecule is CC(C)CC(C)(CN)NC(=O)C(C)N1CCN(c2ccc(F)cc2)CC1. The molecule has 146 valence electrons. The van der Waals surface area contributed by atoms with Crippen LogP contribution < -0.4 is 16.0 Å². The number of rotatable bonds is 7. The molecule has 0 saturated carbocycles. The fourth-order valence-electron chi connectivity index (χ4n) is 3.67. The van der Waals surface area contributed by atoms with Crippen LogP contribution in [0.1, 0.15) is 34.1 Å². The Morgan fingerprint density at radius 2 is 1.77 bits per heavy atom. The number of hydrogen-bond donors (Lipinski definition) is 2. The highest BCUT2D eigenvalue weighted by molar-refractivity contribution is 5.82. The summed E-state index contributed by atoms with van der Waals surface area (Å²) >= 11 is 0. The molecule has 6 heteroatoms. The minimum Gasteiger partial charge on any atom is -0.369 e. The van der Waals surface area contributed by atoms with Gasteiger partial charge in [-0.25, -0.2) is 4.39 Å². The predicted molar refractivity (Wildman–Crippen MR) is 105 cm³/mol. The van der Waals surface area contributed by atoms with Crippen molar-refractivity contribution in [1.82, 2.24) is 10.2 Å².